The fraction of sp³-hybridized carbons (Fsp3) is 0.417. The summed E-state index contributed by atoms with van der Waals surface area (Å²) < 4.78 is 22.9. The zero-order chi connectivity index (χ0) is 21.0. The van der Waals surface area contributed by atoms with Crippen LogP contribution in [0.4, 0.5) is 4.39 Å². The van der Waals surface area contributed by atoms with Crippen molar-refractivity contribution in [1.29, 1.82) is 0 Å². The summed E-state index contributed by atoms with van der Waals surface area (Å²) in [5.41, 5.74) is 6.88. The maximum absolute atomic E-state index is 15.1. The first-order valence-electron chi connectivity index (χ1n) is 10.6. The fourth-order valence-corrected chi connectivity index (χ4v) is 5.09. The number of pyridine rings is 1. The van der Waals surface area contributed by atoms with Gasteiger partial charge in [0.05, 0.1) is 13.0 Å². The number of carbonyl (C=O) groups is 1. The largest absolute Gasteiger partial charge is 0.490 e. The molecule has 0 saturated carbocycles. The van der Waals surface area contributed by atoms with E-state index in [1.807, 2.05) is 13.8 Å². The quantitative estimate of drug-likeness (QED) is 0.679. The number of rotatable bonds is 3. The molecular weight excluding hydrogens is 383 g/mol. The van der Waals surface area contributed by atoms with E-state index in [9.17, 15) is 9.90 Å². The minimum atomic E-state index is -0.913. The lowest BCUT2D eigenvalue weighted by atomic mass is 9.87. The summed E-state index contributed by atoms with van der Waals surface area (Å²) in [4.78, 5) is 16.5. The van der Waals surface area contributed by atoms with Crippen molar-refractivity contribution >= 4 is 17.0 Å². The second-order valence-electron chi connectivity index (χ2n) is 8.39. The van der Waals surface area contributed by atoms with E-state index in [1.54, 1.807) is 0 Å². The molecule has 0 unspecified atom stereocenters. The summed E-state index contributed by atoms with van der Waals surface area (Å²) in [6.07, 6.45) is 4.70. The second-order valence-corrected chi connectivity index (χ2v) is 8.39. The molecule has 3 aromatic rings. The first kappa shape index (κ1) is 19.1. The molecule has 0 atom stereocenters. The smallest absolute Gasteiger partial charge is 0.307 e. The Bertz CT molecular complexity index is 1200. The first-order valence-corrected chi connectivity index (χ1v) is 10.6. The van der Waals surface area contributed by atoms with Crippen LogP contribution in [0, 0.1) is 19.7 Å². The molecule has 6 heteroatoms. The average Bonchev–Trinajstić information content (AvgIpc) is 3.09. The minimum Gasteiger partial charge on any atom is -0.490 e. The van der Waals surface area contributed by atoms with E-state index >= 15 is 4.39 Å². The molecule has 0 radical (unpaired) electrons. The predicted octanol–water partition coefficient (Wildman–Crippen LogP) is 4.75. The highest BCUT2D eigenvalue weighted by molar-refractivity contribution is 5.99. The molecule has 0 bridgehead atoms. The van der Waals surface area contributed by atoms with E-state index in [2.05, 4.69) is 10.6 Å². The number of nitrogens with zero attached hydrogens (tertiary/aromatic N) is 2. The van der Waals surface area contributed by atoms with Crippen molar-refractivity contribution in [3.63, 3.8) is 0 Å². The molecule has 2 aliphatic rings. The first-order chi connectivity index (χ1) is 14.5. The molecule has 0 amide bonds. The van der Waals surface area contributed by atoms with Crippen LogP contribution < -0.4 is 4.74 Å². The summed E-state index contributed by atoms with van der Waals surface area (Å²) in [5.74, 6) is -0.942. The van der Waals surface area contributed by atoms with Gasteiger partial charge in [0.25, 0.3) is 0 Å². The number of fused-ring (bicyclic) bond motifs is 4. The fourth-order valence-electron chi connectivity index (χ4n) is 5.09. The van der Waals surface area contributed by atoms with Gasteiger partial charge in [-0.25, -0.2) is 9.37 Å². The maximum Gasteiger partial charge on any atom is 0.307 e. The number of halogens is 1. The average molecular weight is 408 g/mol. The molecule has 0 fully saturated rings. The number of aliphatic carboxylic acids is 1. The van der Waals surface area contributed by atoms with Crippen LogP contribution in [0.1, 0.15) is 47.3 Å². The van der Waals surface area contributed by atoms with E-state index in [1.165, 1.54) is 11.8 Å². The van der Waals surface area contributed by atoms with E-state index in [0.717, 1.165) is 71.9 Å². The van der Waals surface area contributed by atoms with Gasteiger partial charge in [0.1, 0.15) is 5.65 Å². The highest BCUT2D eigenvalue weighted by atomic mass is 19.1. The van der Waals surface area contributed by atoms with Crippen LogP contribution in [0.2, 0.25) is 0 Å². The number of ether oxygens (including phenoxy) is 1. The van der Waals surface area contributed by atoms with Gasteiger partial charge in [-0.3, -0.25) is 4.79 Å². The van der Waals surface area contributed by atoms with Gasteiger partial charge in [-0.1, -0.05) is 0 Å². The van der Waals surface area contributed by atoms with Crippen molar-refractivity contribution in [2.45, 2.75) is 58.9 Å². The summed E-state index contributed by atoms with van der Waals surface area (Å²) in [6.45, 7) is 5.29. The number of aromatic nitrogens is 2. The van der Waals surface area contributed by atoms with Crippen LogP contribution >= 0.6 is 0 Å². The molecule has 5 rings (SSSR count). The molecule has 2 aromatic heterocycles. The van der Waals surface area contributed by atoms with Crippen LogP contribution in [-0.2, 0) is 30.6 Å². The molecular formula is C24H25FN2O3. The highest BCUT2D eigenvalue weighted by Gasteiger charge is 2.26. The third-order valence-electron chi connectivity index (χ3n) is 6.53. The van der Waals surface area contributed by atoms with Crippen molar-refractivity contribution in [1.82, 2.24) is 9.55 Å². The van der Waals surface area contributed by atoms with Crippen molar-refractivity contribution < 1.29 is 19.0 Å². The third kappa shape index (κ3) is 2.89. The van der Waals surface area contributed by atoms with Gasteiger partial charge < -0.3 is 14.4 Å². The molecule has 156 valence electrons. The summed E-state index contributed by atoms with van der Waals surface area (Å²) in [5, 5.41) is 10.5. The van der Waals surface area contributed by atoms with Crippen molar-refractivity contribution in [2.75, 3.05) is 6.61 Å². The molecule has 1 aromatic carbocycles. The number of hydrogen-bond acceptors (Lipinski definition) is 3. The van der Waals surface area contributed by atoms with Gasteiger partial charge in [0.2, 0.25) is 0 Å². The van der Waals surface area contributed by atoms with Crippen molar-refractivity contribution in [3.8, 4) is 16.9 Å². The lowest BCUT2D eigenvalue weighted by Crippen LogP contribution is -2.13. The van der Waals surface area contributed by atoms with Crippen LogP contribution in [-0.4, -0.2) is 27.2 Å². The van der Waals surface area contributed by atoms with E-state index in [4.69, 9.17) is 9.72 Å². The molecule has 0 saturated heterocycles. The normalized spacial score (nSPS) is 15.6. The Labute approximate surface area is 174 Å². The second kappa shape index (κ2) is 7.11. The Morgan fingerprint density at radius 3 is 2.87 bits per heavy atom. The summed E-state index contributed by atoms with van der Waals surface area (Å²) >= 11 is 0. The van der Waals surface area contributed by atoms with Gasteiger partial charge in [-0.05, 0) is 80.3 Å². The van der Waals surface area contributed by atoms with Gasteiger partial charge in [-0.2, -0.15) is 0 Å². The Balaban J connectivity index is 1.86. The zero-order valence-corrected chi connectivity index (χ0v) is 17.3. The Morgan fingerprint density at radius 1 is 1.23 bits per heavy atom. The van der Waals surface area contributed by atoms with Crippen LogP contribution in [0.5, 0.6) is 5.75 Å². The molecule has 30 heavy (non-hydrogen) atoms. The van der Waals surface area contributed by atoms with Crippen molar-refractivity contribution in [3.05, 3.63) is 46.0 Å². The Hall–Kier alpha value is -2.89. The number of aryl methyl sites for hydroxylation is 3. The van der Waals surface area contributed by atoms with Gasteiger partial charge >= 0.3 is 5.97 Å². The molecule has 1 N–H and O–H groups in total. The molecule has 5 nitrogen and oxygen atoms in total. The third-order valence-corrected chi connectivity index (χ3v) is 6.53. The summed E-state index contributed by atoms with van der Waals surface area (Å²) in [6, 6.07) is 3.66. The van der Waals surface area contributed by atoms with Crippen molar-refractivity contribution in [2.24, 2.45) is 0 Å². The topological polar surface area (TPSA) is 64.4 Å². The lowest BCUT2D eigenvalue weighted by Gasteiger charge is -2.23. The Morgan fingerprint density at radius 2 is 2.07 bits per heavy atom. The van der Waals surface area contributed by atoms with Crippen LogP contribution in [0.25, 0.3) is 22.2 Å². The Kier molecular flexibility index (Phi) is 4.53. The van der Waals surface area contributed by atoms with Crippen LogP contribution in [0.15, 0.2) is 12.1 Å². The van der Waals surface area contributed by atoms with E-state index < -0.39 is 5.97 Å². The van der Waals surface area contributed by atoms with E-state index in [-0.39, 0.29) is 12.2 Å². The molecule has 0 aliphatic carbocycles. The maximum atomic E-state index is 15.1. The lowest BCUT2D eigenvalue weighted by molar-refractivity contribution is -0.136. The summed E-state index contributed by atoms with van der Waals surface area (Å²) in [7, 11) is 0. The molecule has 0 spiro atoms. The van der Waals surface area contributed by atoms with Gasteiger partial charge in [0.15, 0.2) is 11.6 Å². The zero-order valence-electron chi connectivity index (χ0n) is 17.3. The van der Waals surface area contributed by atoms with Gasteiger partial charge in [0, 0.05) is 28.9 Å². The monoisotopic (exact) mass is 408 g/mol. The number of carboxylic acid groups (broad SMARTS) is 1. The molecule has 4 heterocycles. The van der Waals surface area contributed by atoms with Crippen LogP contribution in [0.3, 0.4) is 0 Å². The standard InChI is InChI=1S/C24H25FN2O3/c1-13-16-7-5-9-30-23(16)20(25)11-17(13)22-18(12-21(28)29)14(2)26-24-19(22)10-15-6-3-4-8-27(15)24/h10-11H,3-9,12H2,1-2H3,(H,28,29). The number of benzene rings is 1. The van der Waals surface area contributed by atoms with Gasteiger partial charge in [-0.15, -0.1) is 0 Å². The van der Waals surface area contributed by atoms with E-state index in [0.29, 0.717) is 23.6 Å². The molecule has 2 aliphatic heterocycles. The number of hydrogen-bond donors (Lipinski definition) is 1. The predicted molar refractivity (Wildman–Crippen MR) is 113 cm³/mol. The highest BCUT2D eigenvalue weighted by Crippen LogP contribution is 2.42. The minimum absolute atomic E-state index is 0.140. The SMILES string of the molecule is Cc1nc2c(cc3n2CCCC3)c(-c2cc(F)c3c(c2C)CCCO3)c1CC(=O)O. The number of carboxylic acids is 1.